The van der Waals surface area contributed by atoms with Gasteiger partial charge < -0.3 is 4.90 Å². The van der Waals surface area contributed by atoms with Gasteiger partial charge in [0.05, 0.1) is 18.4 Å². The molecule has 1 saturated heterocycles. The monoisotopic (exact) mass is 471 g/mol. The lowest BCUT2D eigenvalue weighted by Gasteiger charge is -2.40. The number of halogens is 1. The number of carbonyl (C=O) groups excluding carboxylic acids is 1. The molecule has 7 heteroatoms. The van der Waals surface area contributed by atoms with E-state index in [1.165, 1.54) is 0 Å². The molecule has 3 aromatic carbocycles. The highest BCUT2D eigenvalue weighted by atomic mass is 35.5. The highest BCUT2D eigenvalue weighted by Crippen LogP contribution is 2.40. The van der Waals surface area contributed by atoms with E-state index in [1.54, 1.807) is 4.80 Å². The van der Waals surface area contributed by atoms with Gasteiger partial charge in [0.1, 0.15) is 0 Å². The Balaban J connectivity index is 1.36. The second-order valence-corrected chi connectivity index (χ2v) is 9.20. The van der Waals surface area contributed by atoms with Crippen molar-refractivity contribution >= 4 is 17.5 Å². The van der Waals surface area contributed by atoms with Gasteiger partial charge in [-0.05, 0) is 46.9 Å². The molecule has 1 aliphatic rings. The molecule has 1 fully saturated rings. The van der Waals surface area contributed by atoms with Crippen LogP contribution in [0.15, 0.2) is 84.9 Å². The van der Waals surface area contributed by atoms with E-state index in [2.05, 4.69) is 22.4 Å². The van der Waals surface area contributed by atoms with Gasteiger partial charge in [0.15, 0.2) is 5.82 Å². The molecular weight excluding hydrogens is 446 g/mol. The van der Waals surface area contributed by atoms with Gasteiger partial charge in [0.25, 0.3) is 0 Å². The van der Waals surface area contributed by atoms with Crippen LogP contribution in [0.4, 0.5) is 0 Å². The van der Waals surface area contributed by atoms with Gasteiger partial charge in [-0.2, -0.15) is 4.80 Å². The molecule has 4 aromatic rings. The van der Waals surface area contributed by atoms with Crippen LogP contribution < -0.4 is 0 Å². The summed E-state index contributed by atoms with van der Waals surface area (Å²) in [6.07, 6.45) is 1.93. The number of likely N-dealkylation sites (tertiary alicyclic amines) is 1. The Morgan fingerprint density at radius 2 is 1.50 bits per heavy atom. The highest BCUT2D eigenvalue weighted by molar-refractivity contribution is 6.30. The number of carbonyl (C=O) groups is 1. The van der Waals surface area contributed by atoms with Gasteiger partial charge in [0.2, 0.25) is 5.91 Å². The third-order valence-corrected chi connectivity index (χ3v) is 6.86. The van der Waals surface area contributed by atoms with E-state index in [-0.39, 0.29) is 11.3 Å². The fraction of sp³-hybridized carbons (Fsp3) is 0.259. The Morgan fingerprint density at radius 3 is 2.18 bits per heavy atom. The number of hydrogen-bond acceptors (Lipinski definition) is 4. The predicted molar refractivity (Wildman–Crippen MR) is 132 cm³/mol. The van der Waals surface area contributed by atoms with Crippen LogP contribution in [0, 0.1) is 0 Å². The van der Waals surface area contributed by atoms with Crippen molar-refractivity contribution in [2.45, 2.75) is 31.2 Å². The zero-order valence-electron chi connectivity index (χ0n) is 18.8. The van der Waals surface area contributed by atoms with Crippen LogP contribution in [0.2, 0.25) is 5.02 Å². The van der Waals surface area contributed by atoms with Gasteiger partial charge in [-0.1, -0.05) is 84.4 Å². The number of nitrogens with zero attached hydrogens (tertiary/aromatic N) is 5. The van der Waals surface area contributed by atoms with Crippen molar-refractivity contribution in [1.82, 2.24) is 25.1 Å². The molecule has 172 valence electrons. The largest absolute Gasteiger partial charge is 0.342 e. The van der Waals surface area contributed by atoms with Crippen LogP contribution in [0.25, 0.3) is 0 Å². The molecule has 1 amide bonds. The summed E-state index contributed by atoms with van der Waals surface area (Å²) < 4.78 is 0. The Labute approximate surface area is 204 Å². The predicted octanol–water partition coefficient (Wildman–Crippen LogP) is 4.53. The molecule has 6 nitrogen and oxygen atoms in total. The Bertz CT molecular complexity index is 1230. The molecule has 5 rings (SSSR count). The summed E-state index contributed by atoms with van der Waals surface area (Å²) in [5, 5.41) is 14.3. The minimum Gasteiger partial charge on any atom is -0.342 e. The van der Waals surface area contributed by atoms with E-state index < -0.39 is 0 Å². The zero-order valence-corrected chi connectivity index (χ0v) is 19.6. The zero-order chi connectivity index (χ0) is 23.4. The van der Waals surface area contributed by atoms with E-state index in [1.807, 2.05) is 77.7 Å². The Morgan fingerprint density at radius 1 is 0.853 bits per heavy atom. The minimum absolute atomic E-state index is 0.159. The lowest BCUT2D eigenvalue weighted by Crippen LogP contribution is -2.46. The molecule has 2 heterocycles. The summed E-state index contributed by atoms with van der Waals surface area (Å²) in [7, 11) is 0. The maximum Gasteiger partial charge on any atom is 0.226 e. The first-order chi connectivity index (χ1) is 16.6. The van der Waals surface area contributed by atoms with Crippen molar-refractivity contribution in [1.29, 1.82) is 0 Å². The van der Waals surface area contributed by atoms with E-state index >= 15 is 0 Å². The fourth-order valence-electron chi connectivity index (χ4n) is 4.67. The molecule has 1 aliphatic heterocycles. The van der Waals surface area contributed by atoms with E-state index in [0.29, 0.717) is 36.9 Å². The fourth-order valence-corrected chi connectivity index (χ4v) is 4.80. The van der Waals surface area contributed by atoms with Crippen LogP contribution in [0.3, 0.4) is 0 Å². The van der Waals surface area contributed by atoms with Crippen LogP contribution in [0.1, 0.15) is 35.4 Å². The van der Waals surface area contributed by atoms with Crippen molar-refractivity contribution in [2.24, 2.45) is 0 Å². The van der Waals surface area contributed by atoms with Crippen LogP contribution in [-0.2, 0) is 23.2 Å². The van der Waals surface area contributed by atoms with E-state index in [9.17, 15) is 4.79 Å². The van der Waals surface area contributed by atoms with Crippen molar-refractivity contribution in [3.63, 3.8) is 0 Å². The van der Waals surface area contributed by atoms with Crippen LogP contribution >= 0.6 is 11.6 Å². The summed E-state index contributed by atoms with van der Waals surface area (Å²) in [5.41, 5.74) is 2.89. The van der Waals surface area contributed by atoms with Crippen molar-refractivity contribution in [3.8, 4) is 0 Å². The van der Waals surface area contributed by atoms with Gasteiger partial charge in [-0.3, -0.25) is 4.79 Å². The van der Waals surface area contributed by atoms with Crippen LogP contribution in [0.5, 0.6) is 0 Å². The lowest BCUT2D eigenvalue weighted by atomic mass is 9.72. The molecule has 0 aliphatic carbocycles. The smallest absolute Gasteiger partial charge is 0.226 e. The average molecular weight is 472 g/mol. The molecule has 0 spiro atoms. The maximum absolute atomic E-state index is 13.0. The summed E-state index contributed by atoms with van der Waals surface area (Å²) in [4.78, 5) is 16.6. The summed E-state index contributed by atoms with van der Waals surface area (Å²) in [6, 6.07) is 27.9. The van der Waals surface area contributed by atoms with Crippen molar-refractivity contribution in [2.75, 3.05) is 13.1 Å². The number of piperidine rings is 1. The first-order valence-corrected chi connectivity index (χ1v) is 11.9. The third kappa shape index (κ3) is 4.73. The third-order valence-electron chi connectivity index (χ3n) is 6.61. The lowest BCUT2D eigenvalue weighted by molar-refractivity contribution is -0.131. The van der Waals surface area contributed by atoms with E-state index in [4.69, 9.17) is 16.7 Å². The number of benzene rings is 3. The Hall–Kier alpha value is -3.51. The van der Waals surface area contributed by atoms with Crippen LogP contribution in [-0.4, -0.2) is 44.1 Å². The van der Waals surface area contributed by atoms with Crippen molar-refractivity contribution < 1.29 is 4.79 Å². The number of amides is 1. The minimum atomic E-state index is -0.372. The molecule has 0 N–H and O–H groups in total. The molecular formula is C27H26ClN5O. The normalized spacial score (nSPS) is 15.3. The molecule has 0 unspecified atom stereocenters. The van der Waals surface area contributed by atoms with Gasteiger partial charge in [-0.25, -0.2) is 0 Å². The molecule has 34 heavy (non-hydrogen) atoms. The molecule has 1 aromatic heterocycles. The first kappa shape index (κ1) is 22.3. The number of aromatic nitrogens is 4. The van der Waals surface area contributed by atoms with Gasteiger partial charge in [0, 0.05) is 18.1 Å². The summed E-state index contributed by atoms with van der Waals surface area (Å²) in [5.74, 6) is 0.870. The number of hydrogen-bond donors (Lipinski definition) is 0. The van der Waals surface area contributed by atoms with Gasteiger partial charge in [-0.15, -0.1) is 10.2 Å². The SMILES string of the molecule is O=C(Cc1ccccc1)N1CCC(c2ccccc2)(c2nnn(Cc3ccc(Cl)cc3)n2)CC1. The molecule has 0 atom stereocenters. The molecule has 0 saturated carbocycles. The molecule has 0 radical (unpaired) electrons. The average Bonchev–Trinajstić information content (AvgIpc) is 3.36. The summed E-state index contributed by atoms with van der Waals surface area (Å²) >= 11 is 6.01. The van der Waals surface area contributed by atoms with Gasteiger partial charge >= 0.3 is 0 Å². The first-order valence-electron chi connectivity index (χ1n) is 11.5. The second kappa shape index (κ2) is 9.77. The number of tetrazole rings is 1. The second-order valence-electron chi connectivity index (χ2n) is 8.76. The molecule has 0 bridgehead atoms. The topological polar surface area (TPSA) is 63.9 Å². The maximum atomic E-state index is 13.0. The highest BCUT2D eigenvalue weighted by Gasteiger charge is 2.42. The number of rotatable bonds is 6. The Kier molecular flexibility index (Phi) is 6.41. The standard InChI is InChI=1S/C27H26ClN5O/c28-24-13-11-22(12-14-24)20-33-30-26(29-31-33)27(23-9-5-2-6-10-23)15-17-32(18-16-27)25(34)19-21-7-3-1-4-8-21/h1-14H,15-20H2. The summed E-state index contributed by atoms with van der Waals surface area (Å²) in [6.45, 7) is 1.84. The van der Waals surface area contributed by atoms with E-state index in [0.717, 1.165) is 29.5 Å². The van der Waals surface area contributed by atoms with Crippen molar-refractivity contribution in [3.05, 3.63) is 112 Å². The quantitative estimate of drug-likeness (QED) is 0.414.